The van der Waals surface area contributed by atoms with Gasteiger partial charge in [-0.05, 0) is 49.4 Å². The number of fused-ring (bicyclic) bond motifs is 1. The van der Waals surface area contributed by atoms with Crippen LogP contribution in [0.1, 0.15) is 23.7 Å². The molecule has 0 saturated carbocycles. The molecule has 0 spiro atoms. The molecule has 0 saturated heterocycles. The number of carbonyl (C=O) groups is 2. The van der Waals surface area contributed by atoms with Gasteiger partial charge in [0.2, 0.25) is 6.79 Å². The fourth-order valence-corrected chi connectivity index (χ4v) is 2.70. The smallest absolute Gasteiger partial charge is 0.329 e. The van der Waals surface area contributed by atoms with Crippen molar-refractivity contribution in [2.75, 3.05) is 25.8 Å². The van der Waals surface area contributed by atoms with Gasteiger partial charge in [-0.3, -0.25) is 4.79 Å². The molecular formula is C20H21NO6. The van der Waals surface area contributed by atoms with Gasteiger partial charge >= 0.3 is 5.97 Å². The summed E-state index contributed by atoms with van der Waals surface area (Å²) in [5, 5.41) is 3.06. The second-order valence-electron chi connectivity index (χ2n) is 5.87. The Hall–Kier alpha value is -3.22. The Kier molecular flexibility index (Phi) is 5.80. The summed E-state index contributed by atoms with van der Waals surface area (Å²) in [5.41, 5.74) is 1.14. The molecule has 7 heteroatoms. The lowest BCUT2D eigenvalue weighted by Gasteiger charge is -2.18. The minimum Gasteiger partial charge on any atom is -0.497 e. The van der Waals surface area contributed by atoms with E-state index in [9.17, 15) is 9.59 Å². The normalized spacial score (nSPS) is 13.0. The van der Waals surface area contributed by atoms with E-state index in [0.29, 0.717) is 28.5 Å². The van der Waals surface area contributed by atoms with Crippen molar-refractivity contribution in [1.29, 1.82) is 0 Å². The molecule has 1 atom stereocenters. The van der Waals surface area contributed by atoms with E-state index in [4.69, 9.17) is 18.9 Å². The summed E-state index contributed by atoms with van der Waals surface area (Å²) in [6.45, 7) is 2.09. The number of anilines is 1. The Morgan fingerprint density at radius 1 is 1.11 bits per heavy atom. The zero-order valence-corrected chi connectivity index (χ0v) is 15.2. The van der Waals surface area contributed by atoms with Gasteiger partial charge in [-0.15, -0.1) is 0 Å². The molecule has 1 aliphatic rings. The van der Waals surface area contributed by atoms with Crippen LogP contribution in [0.2, 0.25) is 0 Å². The van der Waals surface area contributed by atoms with Crippen molar-refractivity contribution in [2.24, 2.45) is 0 Å². The standard InChI is InChI=1S/C20H21NO6/c1-3-25-20(23)16(21-14-5-7-15(24-2)8-6-14)11-17(22)13-4-9-18-19(10-13)27-12-26-18/h4-10,16,21H,3,11-12H2,1-2H3. The Balaban J connectivity index is 1.74. The third kappa shape index (κ3) is 4.49. The van der Waals surface area contributed by atoms with Crippen LogP contribution in [0.15, 0.2) is 42.5 Å². The van der Waals surface area contributed by atoms with Gasteiger partial charge < -0.3 is 24.3 Å². The number of carbonyl (C=O) groups excluding carboxylic acids is 2. The molecule has 142 valence electrons. The van der Waals surface area contributed by atoms with Crippen LogP contribution < -0.4 is 19.5 Å². The first-order chi connectivity index (χ1) is 13.1. The molecule has 3 rings (SSSR count). The molecule has 27 heavy (non-hydrogen) atoms. The molecule has 1 aliphatic heterocycles. The largest absolute Gasteiger partial charge is 0.497 e. The molecule has 0 amide bonds. The lowest BCUT2D eigenvalue weighted by atomic mass is 10.0. The van der Waals surface area contributed by atoms with Gasteiger partial charge in [-0.1, -0.05) is 0 Å². The van der Waals surface area contributed by atoms with Crippen molar-refractivity contribution in [3.63, 3.8) is 0 Å². The highest BCUT2D eigenvalue weighted by atomic mass is 16.7. The monoisotopic (exact) mass is 371 g/mol. The Morgan fingerprint density at radius 3 is 2.56 bits per heavy atom. The van der Waals surface area contributed by atoms with Gasteiger partial charge in [0.1, 0.15) is 11.8 Å². The maximum Gasteiger partial charge on any atom is 0.329 e. The second-order valence-corrected chi connectivity index (χ2v) is 5.87. The summed E-state index contributed by atoms with van der Waals surface area (Å²) in [6.07, 6.45) is -0.0511. The van der Waals surface area contributed by atoms with E-state index in [1.165, 1.54) is 0 Å². The molecule has 0 radical (unpaired) electrons. The molecule has 1 unspecified atom stereocenters. The number of Topliss-reactive ketones (excluding diaryl/α,β-unsaturated/α-hetero) is 1. The summed E-state index contributed by atoms with van der Waals surface area (Å²) in [4.78, 5) is 25.0. The maximum atomic E-state index is 12.7. The first-order valence-corrected chi connectivity index (χ1v) is 8.60. The van der Waals surface area contributed by atoms with E-state index in [1.807, 2.05) is 0 Å². The average molecular weight is 371 g/mol. The minimum absolute atomic E-state index is 0.0511. The van der Waals surface area contributed by atoms with Gasteiger partial charge in [0.05, 0.1) is 13.7 Å². The minimum atomic E-state index is -0.809. The SMILES string of the molecule is CCOC(=O)C(CC(=O)c1ccc2c(c1)OCO2)Nc1ccc(OC)cc1. The Labute approximate surface area is 157 Å². The van der Waals surface area contributed by atoms with Crippen LogP contribution in [0.25, 0.3) is 0 Å². The fraction of sp³-hybridized carbons (Fsp3) is 0.300. The lowest BCUT2D eigenvalue weighted by molar-refractivity contribution is -0.144. The number of ether oxygens (including phenoxy) is 4. The summed E-state index contributed by atoms with van der Waals surface area (Å²) in [5.74, 6) is 1.14. The van der Waals surface area contributed by atoms with Gasteiger partial charge in [0, 0.05) is 17.7 Å². The molecule has 2 aromatic carbocycles. The van der Waals surface area contributed by atoms with Crippen molar-refractivity contribution in [2.45, 2.75) is 19.4 Å². The van der Waals surface area contributed by atoms with E-state index in [-0.39, 0.29) is 25.6 Å². The van der Waals surface area contributed by atoms with E-state index in [0.717, 1.165) is 0 Å². The zero-order chi connectivity index (χ0) is 19.2. The number of nitrogens with one attached hydrogen (secondary N) is 1. The summed E-state index contributed by atoms with van der Waals surface area (Å²) < 4.78 is 20.8. The predicted octanol–water partition coefficient (Wildman–Crippen LogP) is 3.04. The lowest BCUT2D eigenvalue weighted by Crippen LogP contribution is -2.33. The Bertz CT molecular complexity index is 818. The molecule has 1 N–H and O–H groups in total. The van der Waals surface area contributed by atoms with Crippen molar-refractivity contribution < 1.29 is 28.5 Å². The summed E-state index contributed by atoms with van der Waals surface area (Å²) in [6, 6.07) is 11.2. The van der Waals surface area contributed by atoms with Gasteiger partial charge in [0.25, 0.3) is 0 Å². The van der Waals surface area contributed by atoms with Crippen LogP contribution in [0.5, 0.6) is 17.2 Å². The maximum absolute atomic E-state index is 12.7. The topological polar surface area (TPSA) is 83.1 Å². The van der Waals surface area contributed by atoms with Gasteiger partial charge in [-0.25, -0.2) is 4.79 Å². The highest BCUT2D eigenvalue weighted by Crippen LogP contribution is 2.33. The Morgan fingerprint density at radius 2 is 1.85 bits per heavy atom. The van der Waals surface area contributed by atoms with E-state index >= 15 is 0 Å². The average Bonchev–Trinajstić information content (AvgIpc) is 3.16. The first kappa shape index (κ1) is 18.6. The van der Waals surface area contributed by atoms with Crippen LogP contribution in [0.3, 0.4) is 0 Å². The molecule has 0 aromatic heterocycles. The second kappa shape index (κ2) is 8.44. The zero-order valence-electron chi connectivity index (χ0n) is 15.2. The number of esters is 1. The molecule has 0 fully saturated rings. The molecular weight excluding hydrogens is 350 g/mol. The molecule has 2 aromatic rings. The van der Waals surface area contributed by atoms with Crippen LogP contribution in [-0.2, 0) is 9.53 Å². The third-order valence-electron chi connectivity index (χ3n) is 4.09. The van der Waals surface area contributed by atoms with Crippen LogP contribution in [-0.4, -0.2) is 38.3 Å². The van der Waals surface area contributed by atoms with E-state index < -0.39 is 12.0 Å². The molecule has 0 aliphatic carbocycles. The van der Waals surface area contributed by atoms with Crippen molar-refractivity contribution in [3.8, 4) is 17.2 Å². The third-order valence-corrected chi connectivity index (χ3v) is 4.09. The quantitative estimate of drug-likeness (QED) is 0.564. The number of benzene rings is 2. The highest BCUT2D eigenvalue weighted by Gasteiger charge is 2.25. The number of methoxy groups -OCH3 is 1. The summed E-state index contributed by atoms with van der Waals surface area (Å²) >= 11 is 0. The number of rotatable bonds is 8. The van der Waals surface area contributed by atoms with Crippen LogP contribution in [0.4, 0.5) is 5.69 Å². The van der Waals surface area contributed by atoms with E-state index in [1.54, 1.807) is 56.5 Å². The van der Waals surface area contributed by atoms with Crippen molar-refractivity contribution in [3.05, 3.63) is 48.0 Å². The van der Waals surface area contributed by atoms with Crippen molar-refractivity contribution in [1.82, 2.24) is 0 Å². The first-order valence-electron chi connectivity index (χ1n) is 8.60. The molecule has 0 bridgehead atoms. The number of ketones is 1. The predicted molar refractivity (Wildman–Crippen MR) is 98.6 cm³/mol. The van der Waals surface area contributed by atoms with Crippen molar-refractivity contribution >= 4 is 17.4 Å². The van der Waals surface area contributed by atoms with Crippen LogP contribution in [0, 0.1) is 0 Å². The van der Waals surface area contributed by atoms with Gasteiger partial charge in [0.15, 0.2) is 17.3 Å². The van der Waals surface area contributed by atoms with Gasteiger partial charge in [-0.2, -0.15) is 0 Å². The van der Waals surface area contributed by atoms with E-state index in [2.05, 4.69) is 5.32 Å². The fourth-order valence-electron chi connectivity index (χ4n) is 2.70. The summed E-state index contributed by atoms with van der Waals surface area (Å²) in [7, 11) is 1.58. The number of hydrogen-bond donors (Lipinski definition) is 1. The molecule has 7 nitrogen and oxygen atoms in total. The van der Waals surface area contributed by atoms with Crippen LogP contribution >= 0.6 is 0 Å². The number of hydrogen-bond acceptors (Lipinski definition) is 7. The molecule has 1 heterocycles. The highest BCUT2D eigenvalue weighted by molar-refractivity contribution is 6.00.